The van der Waals surface area contributed by atoms with Gasteiger partial charge in [0.1, 0.15) is 11.6 Å². The number of methoxy groups -OCH3 is 1. The third-order valence-corrected chi connectivity index (χ3v) is 3.19. The van der Waals surface area contributed by atoms with Crippen LogP contribution in [0.1, 0.15) is 11.6 Å². The summed E-state index contributed by atoms with van der Waals surface area (Å²) in [4.78, 5) is 11.9. The number of hydrogen-bond acceptors (Lipinski definition) is 3. The minimum absolute atomic E-state index is 0.0460. The number of benzene rings is 2. The standard InChI is InChI=1S/C15H12ClF2NO2/c1-21-15(20)14(13-11(16)6-3-7-12(13)18)19-10-5-2-4-9(17)8-10/h2-8,14,19H,1H3. The maximum absolute atomic E-state index is 14.0. The molecule has 0 fully saturated rings. The summed E-state index contributed by atoms with van der Waals surface area (Å²) in [6.07, 6.45) is 0. The van der Waals surface area contributed by atoms with Gasteiger partial charge >= 0.3 is 5.97 Å². The van der Waals surface area contributed by atoms with Crippen molar-refractivity contribution >= 4 is 23.3 Å². The van der Waals surface area contributed by atoms with E-state index in [1.165, 1.54) is 43.5 Å². The predicted molar refractivity (Wildman–Crippen MR) is 76.2 cm³/mol. The number of carbonyl (C=O) groups excluding carboxylic acids is 1. The van der Waals surface area contributed by atoms with E-state index in [1.807, 2.05) is 0 Å². The summed E-state index contributed by atoms with van der Waals surface area (Å²) in [5.74, 6) is -1.86. The van der Waals surface area contributed by atoms with Gasteiger partial charge in [0.05, 0.1) is 7.11 Å². The Kier molecular flexibility index (Phi) is 4.75. The summed E-state index contributed by atoms with van der Waals surface area (Å²) < 4.78 is 31.8. The summed E-state index contributed by atoms with van der Waals surface area (Å²) in [5, 5.41) is 2.81. The maximum Gasteiger partial charge on any atom is 0.333 e. The summed E-state index contributed by atoms with van der Waals surface area (Å²) in [5.41, 5.74) is 0.264. The Morgan fingerprint density at radius 3 is 2.57 bits per heavy atom. The van der Waals surface area contributed by atoms with E-state index in [-0.39, 0.29) is 10.6 Å². The Balaban J connectivity index is 2.42. The zero-order valence-electron chi connectivity index (χ0n) is 11.1. The number of ether oxygens (including phenoxy) is 1. The van der Waals surface area contributed by atoms with Crippen molar-refractivity contribution in [3.8, 4) is 0 Å². The average Bonchev–Trinajstić information content (AvgIpc) is 2.45. The quantitative estimate of drug-likeness (QED) is 0.869. The third-order valence-electron chi connectivity index (χ3n) is 2.86. The monoisotopic (exact) mass is 311 g/mol. The van der Waals surface area contributed by atoms with Crippen LogP contribution in [0.2, 0.25) is 5.02 Å². The molecule has 110 valence electrons. The molecular formula is C15H12ClF2NO2. The molecule has 0 amide bonds. The first-order valence-corrected chi connectivity index (χ1v) is 6.44. The van der Waals surface area contributed by atoms with Gasteiger partial charge in [-0.05, 0) is 30.3 Å². The van der Waals surface area contributed by atoms with Crippen molar-refractivity contribution in [3.05, 3.63) is 64.7 Å². The second kappa shape index (κ2) is 6.54. The molecule has 0 aliphatic rings. The van der Waals surface area contributed by atoms with E-state index >= 15 is 0 Å². The Morgan fingerprint density at radius 1 is 1.24 bits per heavy atom. The molecule has 0 aromatic heterocycles. The topological polar surface area (TPSA) is 38.3 Å². The van der Waals surface area contributed by atoms with Crippen LogP contribution in [0, 0.1) is 11.6 Å². The molecule has 0 radical (unpaired) electrons. The lowest BCUT2D eigenvalue weighted by Gasteiger charge is -2.19. The fourth-order valence-corrected chi connectivity index (χ4v) is 2.17. The average molecular weight is 312 g/mol. The molecule has 1 atom stereocenters. The van der Waals surface area contributed by atoms with Gasteiger partial charge in [0.2, 0.25) is 0 Å². The van der Waals surface area contributed by atoms with Gasteiger partial charge in [-0.3, -0.25) is 0 Å². The Morgan fingerprint density at radius 2 is 1.95 bits per heavy atom. The highest BCUT2D eigenvalue weighted by atomic mass is 35.5. The highest BCUT2D eigenvalue weighted by Gasteiger charge is 2.27. The van der Waals surface area contributed by atoms with Crippen LogP contribution in [0.5, 0.6) is 0 Å². The molecule has 2 aromatic carbocycles. The summed E-state index contributed by atoms with van der Waals surface area (Å²) in [7, 11) is 1.18. The van der Waals surface area contributed by atoms with E-state index in [1.54, 1.807) is 6.07 Å². The van der Waals surface area contributed by atoms with Crippen molar-refractivity contribution in [1.82, 2.24) is 0 Å². The Bertz CT molecular complexity index is 644. The highest BCUT2D eigenvalue weighted by Crippen LogP contribution is 2.29. The largest absolute Gasteiger partial charge is 0.467 e. The van der Waals surface area contributed by atoms with Crippen molar-refractivity contribution in [2.24, 2.45) is 0 Å². The zero-order chi connectivity index (χ0) is 15.4. The van der Waals surface area contributed by atoms with Gasteiger partial charge in [0.15, 0.2) is 6.04 Å². The van der Waals surface area contributed by atoms with Crippen LogP contribution >= 0.6 is 11.6 Å². The smallest absolute Gasteiger partial charge is 0.333 e. The van der Waals surface area contributed by atoms with Gasteiger partial charge < -0.3 is 10.1 Å². The van der Waals surface area contributed by atoms with Crippen LogP contribution in [0.4, 0.5) is 14.5 Å². The molecule has 2 rings (SSSR count). The SMILES string of the molecule is COC(=O)C(Nc1cccc(F)c1)c1c(F)cccc1Cl. The Hall–Kier alpha value is -2.14. The molecule has 0 aliphatic heterocycles. The van der Waals surface area contributed by atoms with Crippen molar-refractivity contribution in [1.29, 1.82) is 0 Å². The normalized spacial score (nSPS) is 11.8. The molecular weight excluding hydrogens is 300 g/mol. The lowest BCUT2D eigenvalue weighted by Crippen LogP contribution is -2.23. The van der Waals surface area contributed by atoms with E-state index in [4.69, 9.17) is 11.6 Å². The third kappa shape index (κ3) is 3.49. The van der Waals surface area contributed by atoms with Gasteiger partial charge in [-0.1, -0.05) is 23.7 Å². The van der Waals surface area contributed by atoms with E-state index in [9.17, 15) is 13.6 Å². The molecule has 21 heavy (non-hydrogen) atoms. The van der Waals surface area contributed by atoms with Crippen LogP contribution in [0.3, 0.4) is 0 Å². The molecule has 0 heterocycles. The molecule has 0 saturated heterocycles. The number of anilines is 1. The fourth-order valence-electron chi connectivity index (χ4n) is 1.90. The van der Waals surface area contributed by atoms with Gasteiger partial charge in [-0.2, -0.15) is 0 Å². The van der Waals surface area contributed by atoms with Crippen LogP contribution < -0.4 is 5.32 Å². The van der Waals surface area contributed by atoms with Crippen molar-refractivity contribution in [3.63, 3.8) is 0 Å². The number of carbonyl (C=O) groups is 1. The highest BCUT2D eigenvalue weighted by molar-refractivity contribution is 6.31. The summed E-state index contributed by atoms with van der Waals surface area (Å²) in [6, 6.07) is 8.36. The minimum atomic E-state index is -1.18. The number of hydrogen-bond donors (Lipinski definition) is 1. The van der Waals surface area contributed by atoms with Gasteiger partial charge in [0, 0.05) is 16.3 Å². The van der Waals surface area contributed by atoms with Gasteiger partial charge in [0.25, 0.3) is 0 Å². The van der Waals surface area contributed by atoms with Crippen molar-refractivity contribution in [2.45, 2.75) is 6.04 Å². The minimum Gasteiger partial charge on any atom is -0.467 e. The Labute approximate surface area is 125 Å². The van der Waals surface area contributed by atoms with E-state index < -0.39 is 23.6 Å². The molecule has 0 aliphatic carbocycles. The number of halogens is 3. The molecule has 0 bridgehead atoms. The molecule has 0 spiro atoms. The van der Waals surface area contributed by atoms with Crippen LogP contribution in [-0.4, -0.2) is 13.1 Å². The lowest BCUT2D eigenvalue weighted by atomic mass is 10.1. The lowest BCUT2D eigenvalue weighted by molar-refractivity contribution is -0.141. The molecule has 6 heteroatoms. The van der Waals surface area contributed by atoms with Crippen LogP contribution in [0.25, 0.3) is 0 Å². The van der Waals surface area contributed by atoms with Gasteiger partial charge in [-0.15, -0.1) is 0 Å². The first-order valence-electron chi connectivity index (χ1n) is 6.06. The van der Waals surface area contributed by atoms with Crippen LogP contribution in [0.15, 0.2) is 42.5 Å². The van der Waals surface area contributed by atoms with E-state index in [0.29, 0.717) is 5.69 Å². The number of esters is 1. The fraction of sp³-hybridized carbons (Fsp3) is 0.133. The van der Waals surface area contributed by atoms with Crippen molar-refractivity contribution < 1.29 is 18.3 Å². The second-order valence-electron chi connectivity index (χ2n) is 4.25. The predicted octanol–water partition coefficient (Wildman–Crippen LogP) is 3.94. The first-order chi connectivity index (χ1) is 10.0. The van der Waals surface area contributed by atoms with Gasteiger partial charge in [-0.25, -0.2) is 13.6 Å². The summed E-state index contributed by atoms with van der Waals surface area (Å²) >= 11 is 5.96. The second-order valence-corrected chi connectivity index (χ2v) is 4.65. The molecule has 0 saturated carbocycles. The van der Waals surface area contributed by atoms with E-state index in [0.717, 1.165) is 0 Å². The molecule has 2 aromatic rings. The maximum atomic E-state index is 14.0. The zero-order valence-corrected chi connectivity index (χ0v) is 11.8. The van der Waals surface area contributed by atoms with E-state index in [2.05, 4.69) is 10.1 Å². The molecule has 1 unspecified atom stereocenters. The number of nitrogens with one attached hydrogen (secondary N) is 1. The summed E-state index contributed by atoms with van der Waals surface area (Å²) in [6.45, 7) is 0. The molecule has 1 N–H and O–H groups in total. The van der Waals surface area contributed by atoms with Crippen LogP contribution in [-0.2, 0) is 9.53 Å². The van der Waals surface area contributed by atoms with Crippen molar-refractivity contribution in [2.75, 3.05) is 12.4 Å². The number of rotatable bonds is 4. The molecule has 3 nitrogen and oxygen atoms in total. The first kappa shape index (κ1) is 15.3.